The van der Waals surface area contributed by atoms with E-state index in [1.165, 1.54) is 7.11 Å². The van der Waals surface area contributed by atoms with Crippen LogP contribution in [0.5, 0.6) is 0 Å². The molecule has 0 spiro atoms. The summed E-state index contributed by atoms with van der Waals surface area (Å²) in [6.45, 7) is 2.22. The van der Waals surface area contributed by atoms with E-state index in [4.69, 9.17) is 14.3 Å². The number of aromatic carboxylic acids is 1. The van der Waals surface area contributed by atoms with Gasteiger partial charge in [-0.1, -0.05) is 13.3 Å². The van der Waals surface area contributed by atoms with E-state index in [0.717, 1.165) is 12.8 Å². The van der Waals surface area contributed by atoms with Gasteiger partial charge in [0.2, 0.25) is 5.76 Å². The van der Waals surface area contributed by atoms with Gasteiger partial charge < -0.3 is 14.3 Å². The van der Waals surface area contributed by atoms with Crippen molar-refractivity contribution in [3.8, 4) is 0 Å². The van der Waals surface area contributed by atoms with Gasteiger partial charge in [-0.05, 0) is 6.42 Å². The van der Waals surface area contributed by atoms with Crippen LogP contribution in [0.25, 0.3) is 0 Å². The number of ether oxygens (including phenoxy) is 1. The molecule has 1 aromatic rings. The van der Waals surface area contributed by atoms with Crippen molar-refractivity contribution < 1.29 is 19.1 Å². The maximum Gasteiger partial charge on any atom is 0.373 e. The van der Waals surface area contributed by atoms with Gasteiger partial charge in [-0.3, -0.25) is 0 Å². The zero-order valence-corrected chi connectivity index (χ0v) is 8.95. The highest BCUT2D eigenvalue weighted by molar-refractivity contribution is 5.85. The van der Waals surface area contributed by atoms with E-state index >= 15 is 0 Å². The summed E-state index contributed by atoms with van der Waals surface area (Å²) >= 11 is 0. The largest absolute Gasteiger partial charge is 0.475 e. The molecule has 0 amide bonds. The number of hydrogen-bond donors (Lipinski definition) is 1. The molecule has 0 unspecified atom stereocenters. The lowest BCUT2D eigenvalue weighted by atomic mass is 10.2. The molecule has 1 aromatic heterocycles. The molecule has 0 fully saturated rings. The normalized spacial score (nSPS) is 10.5. The second-order valence-electron chi connectivity index (χ2n) is 3.23. The van der Waals surface area contributed by atoms with Gasteiger partial charge in [-0.15, -0.1) is 0 Å². The van der Waals surface area contributed by atoms with Crippen molar-refractivity contribution in [2.75, 3.05) is 7.11 Å². The molecule has 5 heteroatoms. The quantitative estimate of drug-likeness (QED) is 0.780. The molecule has 1 N–H and O–H groups in total. The molecule has 0 bridgehead atoms. The van der Waals surface area contributed by atoms with Gasteiger partial charge in [0.25, 0.3) is 0 Å². The Morgan fingerprint density at radius 3 is 2.87 bits per heavy atom. The Morgan fingerprint density at radius 2 is 2.33 bits per heavy atom. The summed E-state index contributed by atoms with van der Waals surface area (Å²) in [5.41, 5.74) is 0.358. The molecule has 1 rings (SSSR count). The van der Waals surface area contributed by atoms with Gasteiger partial charge >= 0.3 is 5.97 Å². The third-order valence-corrected chi connectivity index (χ3v) is 1.96. The van der Waals surface area contributed by atoms with Gasteiger partial charge in [0.05, 0.1) is 6.61 Å². The van der Waals surface area contributed by atoms with Crippen LogP contribution >= 0.6 is 0 Å². The molecule has 5 nitrogen and oxygen atoms in total. The van der Waals surface area contributed by atoms with Crippen LogP contribution in [0.2, 0.25) is 0 Å². The van der Waals surface area contributed by atoms with Crippen LogP contribution in [-0.2, 0) is 17.8 Å². The van der Waals surface area contributed by atoms with Crippen molar-refractivity contribution in [1.29, 1.82) is 0 Å². The highest BCUT2D eigenvalue weighted by atomic mass is 16.5. The number of hydrogen-bond acceptors (Lipinski definition) is 4. The molecule has 1 heterocycles. The first-order valence-electron chi connectivity index (χ1n) is 4.89. The number of aryl methyl sites for hydroxylation is 1. The molecule has 0 saturated carbocycles. The Bertz CT molecular complexity index is 332. The standard InChI is InChI=1S/C10H15NO4/c1-3-4-5-8-11-7(6-14-2)9(15-8)10(12)13/h3-6H2,1-2H3,(H,12,13). The number of carboxylic acid groups (broad SMARTS) is 1. The lowest BCUT2D eigenvalue weighted by Crippen LogP contribution is -2.00. The van der Waals surface area contributed by atoms with Crippen LogP contribution in [-0.4, -0.2) is 23.2 Å². The van der Waals surface area contributed by atoms with E-state index in [0.29, 0.717) is 18.0 Å². The van der Waals surface area contributed by atoms with Gasteiger partial charge in [-0.25, -0.2) is 9.78 Å². The van der Waals surface area contributed by atoms with Crippen LogP contribution < -0.4 is 0 Å². The number of nitrogens with zero attached hydrogens (tertiary/aromatic N) is 1. The number of carboxylic acids is 1. The highest BCUT2D eigenvalue weighted by Crippen LogP contribution is 2.14. The van der Waals surface area contributed by atoms with Crippen LogP contribution in [0, 0.1) is 0 Å². The van der Waals surface area contributed by atoms with Gasteiger partial charge in [0.1, 0.15) is 5.69 Å². The average molecular weight is 213 g/mol. The van der Waals surface area contributed by atoms with Crippen LogP contribution in [0.4, 0.5) is 0 Å². The number of carbonyl (C=O) groups is 1. The highest BCUT2D eigenvalue weighted by Gasteiger charge is 2.18. The van der Waals surface area contributed by atoms with Crippen LogP contribution in [0.3, 0.4) is 0 Å². The topological polar surface area (TPSA) is 72.6 Å². The maximum absolute atomic E-state index is 10.8. The van der Waals surface area contributed by atoms with Gasteiger partial charge in [0.15, 0.2) is 5.89 Å². The fraction of sp³-hybridized carbons (Fsp3) is 0.600. The third kappa shape index (κ3) is 3.06. The summed E-state index contributed by atoms with van der Waals surface area (Å²) in [6, 6.07) is 0. The molecule has 15 heavy (non-hydrogen) atoms. The fourth-order valence-corrected chi connectivity index (χ4v) is 1.24. The molecule has 0 radical (unpaired) electrons. The Hall–Kier alpha value is -1.36. The predicted molar refractivity (Wildman–Crippen MR) is 52.8 cm³/mol. The smallest absolute Gasteiger partial charge is 0.373 e. The average Bonchev–Trinajstić information content (AvgIpc) is 2.59. The second-order valence-corrected chi connectivity index (χ2v) is 3.23. The number of aromatic nitrogens is 1. The van der Waals surface area contributed by atoms with Crippen LogP contribution in [0.15, 0.2) is 4.42 Å². The molecule has 0 aliphatic heterocycles. The van der Waals surface area contributed by atoms with Crippen LogP contribution in [0.1, 0.15) is 41.9 Å². The minimum absolute atomic E-state index is 0.108. The van der Waals surface area contributed by atoms with E-state index in [1.807, 2.05) is 0 Å². The zero-order valence-electron chi connectivity index (χ0n) is 8.95. The molecular weight excluding hydrogens is 198 g/mol. The monoisotopic (exact) mass is 213 g/mol. The third-order valence-electron chi connectivity index (χ3n) is 1.96. The second kappa shape index (κ2) is 5.50. The summed E-state index contributed by atoms with van der Waals surface area (Å²) in [4.78, 5) is 14.9. The Labute approximate surface area is 88.1 Å². The van der Waals surface area contributed by atoms with E-state index in [1.54, 1.807) is 0 Å². The summed E-state index contributed by atoms with van der Waals surface area (Å²) in [5.74, 6) is -0.735. The van der Waals surface area contributed by atoms with E-state index in [-0.39, 0.29) is 12.4 Å². The molecule has 0 aliphatic rings. The first kappa shape index (κ1) is 11.7. The van der Waals surface area contributed by atoms with E-state index < -0.39 is 5.97 Å². The van der Waals surface area contributed by atoms with E-state index in [9.17, 15) is 4.79 Å². The minimum atomic E-state index is -1.10. The Kier molecular flexibility index (Phi) is 4.30. The van der Waals surface area contributed by atoms with Gasteiger partial charge in [0, 0.05) is 13.5 Å². The van der Waals surface area contributed by atoms with Crippen molar-refractivity contribution in [1.82, 2.24) is 4.98 Å². The summed E-state index contributed by atoms with van der Waals surface area (Å²) < 4.78 is 9.99. The Balaban J connectivity index is 2.83. The lowest BCUT2D eigenvalue weighted by Gasteiger charge is -1.92. The Morgan fingerprint density at radius 1 is 1.60 bits per heavy atom. The van der Waals surface area contributed by atoms with E-state index in [2.05, 4.69) is 11.9 Å². The predicted octanol–water partition coefficient (Wildman–Crippen LogP) is 1.86. The molecule has 84 valence electrons. The zero-order chi connectivity index (χ0) is 11.3. The lowest BCUT2D eigenvalue weighted by molar-refractivity contribution is 0.0653. The van der Waals surface area contributed by atoms with Gasteiger partial charge in [-0.2, -0.15) is 0 Å². The molecule has 0 atom stereocenters. The maximum atomic E-state index is 10.8. The summed E-state index contributed by atoms with van der Waals surface area (Å²) in [7, 11) is 1.49. The first-order chi connectivity index (χ1) is 7.19. The minimum Gasteiger partial charge on any atom is -0.475 e. The number of methoxy groups -OCH3 is 1. The molecule has 0 saturated heterocycles. The summed E-state index contributed by atoms with van der Waals surface area (Å²) in [5, 5.41) is 8.84. The first-order valence-corrected chi connectivity index (χ1v) is 4.89. The fourth-order valence-electron chi connectivity index (χ4n) is 1.24. The van der Waals surface area contributed by atoms with Crippen molar-refractivity contribution in [3.63, 3.8) is 0 Å². The van der Waals surface area contributed by atoms with Crippen molar-refractivity contribution in [3.05, 3.63) is 17.3 Å². The number of oxazole rings is 1. The van der Waals surface area contributed by atoms with Crippen molar-refractivity contribution in [2.24, 2.45) is 0 Å². The molecule has 0 aromatic carbocycles. The molecule has 0 aliphatic carbocycles. The van der Waals surface area contributed by atoms with Crippen molar-refractivity contribution in [2.45, 2.75) is 32.8 Å². The number of unbranched alkanes of at least 4 members (excludes halogenated alkanes) is 1. The SMILES string of the molecule is CCCCc1nc(COC)c(C(=O)O)o1. The molecular formula is C10H15NO4. The van der Waals surface area contributed by atoms with Crippen molar-refractivity contribution >= 4 is 5.97 Å². The summed E-state index contributed by atoms with van der Waals surface area (Å²) in [6.07, 6.45) is 2.62. The number of rotatable bonds is 6.